The number of rotatable bonds is 1. The summed E-state index contributed by atoms with van der Waals surface area (Å²) in [7, 11) is 0. The molecule has 1 nitrogen and oxygen atoms in total. The lowest BCUT2D eigenvalue weighted by Gasteiger charge is -2.25. The first kappa shape index (κ1) is 18.2. The van der Waals surface area contributed by atoms with Crippen LogP contribution in [0, 0.1) is 11.8 Å². The minimum atomic E-state index is -0.300. The van der Waals surface area contributed by atoms with Crippen LogP contribution < -0.4 is 0 Å². The Kier molecular flexibility index (Phi) is 8.03. The van der Waals surface area contributed by atoms with Crippen LogP contribution >= 0.6 is 0 Å². The molecule has 0 heterocycles. The third kappa shape index (κ3) is 7.13. The van der Waals surface area contributed by atoms with Crippen molar-refractivity contribution in [3.8, 4) is 0 Å². The molecular weight excluding hydrogens is 256 g/mol. The second-order valence-electron chi connectivity index (χ2n) is 7.13. The molecule has 1 aliphatic rings. The van der Waals surface area contributed by atoms with Gasteiger partial charge in [0.25, 0.3) is 0 Å². The van der Waals surface area contributed by atoms with E-state index in [2.05, 4.69) is 52.8 Å². The number of hydrogen-bond acceptors (Lipinski definition) is 1. The Balaban J connectivity index is 2.88. The van der Waals surface area contributed by atoms with Gasteiger partial charge in [-0.3, -0.25) is 0 Å². The first-order chi connectivity index (χ1) is 9.90. The standard InChI is InChI=1S/C20H34O/c1-15(2)19-13-12-17(4)10-6-8-16(3)9-7-11-18(5)14-20(19)21/h9-10,14-15,19-21H,6-8,11-13H2,1-5H3/b16-9-,17-10-,18-14-/t19-,20-/m0/s1. The van der Waals surface area contributed by atoms with Crippen LogP contribution in [-0.4, -0.2) is 11.2 Å². The molecule has 0 aliphatic heterocycles. The summed E-state index contributed by atoms with van der Waals surface area (Å²) in [5.41, 5.74) is 4.28. The summed E-state index contributed by atoms with van der Waals surface area (Å²) in [5.74, 6) is 0.885. The zero-order chi connectivity index (χ0) is 15.8. The number of allylic oxidation sites excluding steroid dienone is 5. The van der Waals surface area contributed by atoms with Crippen molar-refractivity contribution in [1.82, 2.24) is 0 Å². The second kappa shape index (κ2) is 9.25. The summed E-state index contributed by atoms with van der Waals surface area (Å²) in [4.78, 5) is 0. The third-order valence-corrected chi connectivity index (χ3v) is 4.69. The summed E-state index contributed by atoms with van der Waals surface area (Å²) in [6, 6.07) is 0. The molecule has 1 aliphatic carbocycles. The number of aliphatic hydroxyl groups excluding tert-OH is 1. The Bertz CT molecular complexity index is 398. The van der Waals surface area contributed by atoms with Gasteiger partial charge < -0.3 is 5.11 Å². The van der Waals surface area contributed by atoms with E-state index in [1.807, 2.05) is 0 Å². The van der Waals surface area contributed by atoms with Gasteiger partial charge in [0, 0.05) is 0 Å². The van der Waals surface area contributed by atoms with Gasteiger partial charge in [0.1, 0.15) is 0 Å². The first-order valence-corrected chi connectivity index (χ1v) is 8.56. The summed E-state index contributed by atoms with van der Waals surface area (Å²) >= 11 is 0. The zero-order valence-corrected chi connectivity index (χ0v) is 14.7. The Morgan fingerprint density at radius 1 is 0.905 bits per heavy atom. The van der Waals surface area contributed by atoms with Crippen LogP contribution in [0.1, 0.15) is 73.1 Å². The van der Waals surface area contributed by atoms with Crippen LogP contribution in [-0.2, 0) is 0 Å². The van der Waals surface area contributed by atoms with Crippen LogP contribution in [0.25, 0.3) is 0 Å². The van der Waals surface area contributed by atoms with Crippen molar-refractivity contribution in [1.29, 1.82) is 0 Å². The average molecular weight is 290 g/mol. The Morgan fingerprint density at radius 3 is 2.00 bits per heavy atom. The predicted molar refractivity (Wildman–Crippen MR) is 93.3 cm³/mol. The summed E-state index contributed by atoms with van der Waals surface area (Å²) < 4.78 is 0. The van der Waals surface area contributed by atoms with Crippen LogP contribution in [0.4, 0.5) is 0 Å². The molecular formula is C20H34O. The van der Waals surface area contributed by atoms with Crippen molar-refractivity contribution in [3.05, 3.63) is 34.9 Å². The fraction of sp³-hybridized carbons (Fsp3) is 0.700. The molecule has 0 aromatic rings. The molecule has 0 aromatic heterocycles. The molecule has 0 radical (unpaired) electrons. The number of hydrogen-bond donors (Lipinski definition) is 1. The maximum Gasteiger partial charge on any atom is 0.0754 e. The average Bonchev–Trinajstić information content (AvgIpc) is 2.37. The Labute approximate surface area is 131 Å². The molecule has 0 spiro atoms. The highest BCUT2D eigenvalue weighted by atomic mass is 16.3. The third-order valence-electron chi connectivity index (χ3n) is 4.69. The molecule has 120 valence electrons. The van der Waals surface area contributed by atoms with Crippen molar-refractivity contribution in [3.63, 3.8) is 0 Å². The zero-order valence-electron chi connectivity index (χ0n) is 14.7. The first-order valence-electron chi connectivity index (χ1n) is 8.56. The van der Waals surface area contributed by atoms with Crippen molar-refractivity contribution in [2.24, 2.45) is 11.8 Å². The maximum atomic E-state index is 10.5. The smallest absolute Gasteiger partial charge is 0.0754 e. The van der Waals surface area contributed by atoms with E-state index in [0.29, 0.717) is 11.8 Å². The summed E-state index contributed by atoms with van der Waals surface area (Å²) in [6.45, 7) is 11.1. The van der Waals surface area contributed by atoms with E-state index in [1.54, 1.807) is 0 Å². The van der Waals surface area contributed by atoms with Gasteiger partial charge in [-0.2, -0.15) is 0 Å². The molecule has 21 heavy (non-hydrogen) atoms. The van der Waals surface area contributed by atoms with Crippen LogP contribution in [0.3, 0.4) is 0 Å². The Morgan fingerprint density at radius 2 is 1.43 bits per heavy atom. The van der Waals surface area contributed by atoms with E-state index in [9.17, 15) is 5.11 Å². The Hall–Kier alpha value is -0.820. The molecule has 0 unspecified atom stereocenters. The van der Waals surface area contributed by atoms with Gasteiger partial charge in [-0.05, 0) is 71.1 Å². The molecule has 0 aromatic carbocycles. The molecule has 2 atom stereocenters. The molecule has 1 N–H and O–H groups in total. The molecule has 0 amide bonds. The quantitative estimate of drug-likeness (QED) is 0.604. The SMILES string of the molecule is C/C1=C/CC/C(C)=C\[C@H](O)[C@H](C(C)C)CC/C(C)=C\CC1. The number of aliphatic hydroxyl groups is 1. The highest BCUT2D eigenvalue weighted by Crippen LogP contribution is 2.26. The second-order valence-corrected chi connectivity index (χ2v) is 7.13. The topological polar surface area (TPSA) is 20.2 Å². The minimum Gasteiger partial charge on any atom is -0.389 e. The van der Waals surface area contributed by atoms with Crippen molar-refractivity contribution in [2.45, 2.75) is 79.2 Å². The van der Waals surface area contributed by atoms with Gasteiger partial charge in [-0.25, -0.2) is 0 Å². The van der Waals surface area contributed by atoms with Gasteiger partial charge in [0.2, 0.25) is 0 Å². The van der Waals surface area contributed by atoms with E-state index in [-0.39, 0.29) is 6.10 Å². The largest absolute Gasteiger partial charge is 0.389 e. The van der Waals surface area contributed by atoms with Crippen LogP contribution in [0.2, 0.25) is 0 Å². The van der Waals surface area contributed by atoms with Crippen LogP contribution in [0.5, 0.6) is 0 Å². The molecule has 1 heteroatoms. The van der Waals surface area contributed by atoms with Gasteiger partial charge in [0.15, 0.2) is 0 Å². The molecule has 0 fully saturated rings. The van der Waals surface area contributed by atoms with Gasteiger partial charge >= 0.3 is 0 Å². The normalized spacial score (nSPS) is 34.1. The van der Waals surface area contributed by atoms with Crippen molar-refractivity contribution < 1.29 is 5.11 Å². The van der Waals surface area contributed by atoms with E-state index in [4.69, 9.17) is 0 Å². The molecule has 0 saturated carbocycles. The highest BCUT2D eigenvalue weighted by molar-refractivity contribution is 5.09. The van der Waals surface area contributed by atoms with Gasteiger partial charge in [0.05, 0.1) is 6.10 Å². The van der Waals surface area contributed by atoms with Gasteiger partial charge in [-0.15, -0.1) is 0 Å². The van der Waals surface area contributed by atoms with Crippen LogP contribution in [0.15, 0.2) is 34.9 Å². The lowest BCUT2D eigenvalue weighted by Crippen LogP contribution is -2.24. The monoisotopic (exact) mass is 290 g/mol. The van der Waals surface area contributed by atoms with E-state index >= 15 is 0 Å². The van der Waals surface area contributed by atoms with E-state index < -0.39 is 0 Å². The van der Waals surface area contributed by atoms with E-state index in [1.165, 1.54) is 23.1 Å². The molecule has 0 bridgehead atoms. The maximum absolute atomic E-state index is 10.5. The minimum absolute atomic E-state index is 0.300. The van der Waals surface area contributed by atoms with Crippen molar-refractivity contribution >= 4 is 0 Å². The summed E-state index contributed by atoms with van der Waals surface area (Å²) in [6.07, 6.45) is 13.2. The lowest BCUT2D eigenvalue weighted by atomic mass is 9.84. The fourth-order valence-corrected chi connectivity index (χ4v) is 3.09. The van der Waals surface area contributed by atoms with Gasteiger partial charge in [-0.1, -0.05) is 48.8 Å². The van der Waals surface area contributed by atoms with Crippen molar-refractivity contribution in [2.75, 3.05) is 0 Å². The fourth-order valence-electron chi connectivity index (χ4n) is 3.09. The molecule has 1 rings (SSSR count). The highest BCUT2D eigenvalue weighted by Gasteiger charge is 2.20. The summed E-state index contributed by atoms with van der Waals surface area (Å²) in [5, 5.41) is 10.5. The predicted octanol–water partition coefficient (Wildman–Crippen LogP) is 5.81. The molecule has 0 saturated heterocycles. The lowest BCUT2D eigenvalue weighted by molar-refractivity contribution is 0.115. The van der Waals surface area contributed by atoms with E-state index in [0.717, 1.165) is 32.1 Å².